The van der Waals surface area contributed by atoms with Crippen LogP contribution in [-0.2, 0) is 6.42 Å². The molecule has 18 heavy (non-hydrogen) atoms. The largest absolute Gasteiger partial charge is 0.321 e. The zero-order valence-corrected chi connectivity index (χ0v) is 10.7. The molecule has 94 valence electrons. The first-order valence-corrected chi connectivity index (χ1v) is 5.92. The first kappa shape index (κ1) is 12.9. The van der Waals surface area contributed by atoms with Crippen LogP contribution in [0.2, 0.25) is 5.02 Å². The summed E-state index contributed by atoms with van der Waals surface area (Å²) in [7, 11) is 0. The molecule has 2 N–H and O–H groups in total. The third-order valence-electron chi connectivity index (χ3n) is 2.60. The van der Waals surface area contributed by atoms with E-state index in [4.69, 9.17) is 17.3 Å². The normalized spacial score (nSPS) is 12.4. The minimum absolute atomic E-state index is 0.101. The maximum atomic E-state index is 13.7. The summed E-state index contributed by atoms with van der Waals surface area (Å²) in [6.45, 7) is 1.89. The highest BCUT2D eigenvalue weighted by Crippen LogP contribution is 2.21. The van der Waals surface area contributed by atoms with Gasteiger partial charge in [0.15, 0.2) is 0 Å². The third kappa shape index (κ3) is 2.83. The zero-order valence-electron chi connectivity index (χ0n) is 9.90. The number of hydrogen-bond donors (Lipinski definition) is 1. The molecule has 0 aliphatic heterocycles. The van der Waals surface area contributed by atoms with Gasteiger partial charge in [-0.2, -0.15) is 0 Å². The molecule has 1 aromatic carbocycles. The van der Waals surface area contributed by atoms with Gasteiger partial charge in [-0.25, -0.2) is 14.4 Å². The van der Waals surface area contributed by atoms with Gasteiger partial charge in [-0.1, -0.05) is 23.7 Å². The highest BCUT2D eigenvalue weighted by molar-refractivity contribution is 6.30. The third-order valence-corrected chi connectivity index (χ3v) is 2.90. The summed E-state index contributed by atoms with van der Waals surface area (Å²) in [5.74, 6) is 0.0710. The number of nitrogens with two attached hydrogens (primary N) is 1. The average Bonchev–Trinajstić information content (AvgIpc) is 2.36. The molecular formula is C13H13ClFN3. The van der Waals surface area contributed by atoms with Crippen LogP contribution in [0.5, 0.6) is 0 Å². The van der Waals surface area contributed by atoms with E-state index in [-0.39, 0.29) is 5.02 Å². The fraction of sp³-hybridized carbons (Fsp3) is 0.231. The topological polar surface area (TPSA) is 51.8 Å². The molecule has 0 saturated heterocycles. The molecule has 0 bridgehead atoms. The van der Waals surface area contributed by atoms with E-state index in [1.807, 2.05) is 6.92 Å². The maximum Gasteiger partial charge on any atom is 0.145 e. The Balaban J connectivity index is 2.18. The van der Waals surface area contributed by atoms with Crippen LogP contribution in [0.1, 0.15) is 23.0 Å². The Hall–Kier alpha value is -1.52. The zero-order chi connectivity index (χ0) is 13.1. The van der Waals surface area contributed by atoms with E-state index >= 15 is 0 Å². The molecule has 0 aliphatic rings. The van der Waals surface area contributed by atoms with Crippen molar-refractivity contribution in [1.29, 1.82) is 0 Å². The van der Waals surface area contributed by atoms with E-state index in [1.54, 1.807) is 24.5 Å². The quantitative estimate of drug-likeness (QED) is 0.928. The van der Waals surface area contributed by atoms with Gasteiger partial charge in [0.25, 0.3) is 0 Å². The van der Waals surface area contributed by atoms with Crippen LogP contribution in [-0.4, -0.2) is 9.97 Å². The van der Waals surface area contributed by atoms with Crippen molar-refractivity contribution < 1.29 is 4.39 Å². The van der Waals surface area contributed by atoms with E-state index in [1.165, 1.54) is 6.07 Å². The van der Waals surface area contributed by atoms with Crippen LogP contribution in [0.15, 0.2) is 30.6 Å². The van der Waals surface area contributed by atoms with E-state index in [0.29, 0.717) is 17.8 Å². The predicted octanol–water partition coefficient (Wildman–Crippen LogP) is 2.82. The van der Waals surface area contributed by atoms with Crippen LogP contribution in [0.4, 0.5) is 4.39 Å². The van der Waals surface area contributed by atoms with Crippen molar-refractivity contribution in [1.82, 2.24) is 9.97 Å². The molecule has 0 saturated carbocycles. The van der Waals surface area contributed by atoms with Crippen molar-refractivity contribution in [2.75, 3.05) is 0 Å². The maximum absolute atomic E-state index is 13.7. The number of aromatic nitrogens is 2. The lowest BCUT2D eigenvalue weighted by molar-refractivity contribution is 0.584. The van der Waals surface area contributed by atoms with Gasteiger partial charge in [0.2, 0.25) is 0 Å². The average molecular weight is 266 g/mol. The number of aryl methyl sites for hydroxylation is 1. The molecular weight excluding hydrogens is 253 g/mol. The van der Waals surface area contributed by atoms with Crippen molar-refractivity contribution in [2.24, 2.45) is 5.73 Å². The number of nitrogens with zero attached hydrogens (tertiary/aromatic N) is 2. The Labute approximate surface area is 110 Å². The lowest BCUT2D eigenvalue weighted by atomic mass is 10.1. The number of rotatable bonds is 3. The molecule has 0 spiro atoms. The second-order valence-corrected chi connectivity index (χ2v) is 4.55. The molecule has 0 aliphatic carbocycles. The number of hydrogen-bond acceptors (Lipinski definition) is 3. The molecule has 0 fully saturated rings. The van der Waals surface area contributed by atoms with Gasteiger partial charge in [-0.3, -0.25) is 0 Å². The highest BCUT2D eigenvalue weighted by Gasteiger charge is 2.14. The summed E-state index contributed by atoms with van der Waals surface area (Å²) in [6, 6.07) is 4.42. The van der Waals surface area contributed by atoms with Gasteiger partial charge >= 0.3 is 0 Å². The predicted molar refractivity (Wildman–Crippen MR) is 68.8 cm³/mol. The Morgan fingerprint density at radius 3 is 2.67 bits per heavy atom. The van der Waals surface area contributed by atoms with Crippen LogP contribution in [0.25, 0.3) is 0 Å². The van der Waals surface area contributed by atoms with Crippen LogP contribution in [0, 0.1) is 12.7 Å². The summed E-state index contributed by atoms with van der Waals surface area (Å²) in [5.41, 5.74) is 7.39. The summed E-state index contributed by atoms with van der Waals surface area (Å²) >= 11 is 5.72. The van der Waals surface area contributed by atoms with Crippen LogP contribution < -0.4 is 5.73 Å². The highest BCUT2D eigenvalue weighted by atomic mass is 35.5. The molecule has 0 radical (unpaired) electrons. The minimum atomic E-state index is -0.446. The Kier molecular flexibility index (Phi) is 3.89. The molecule has 1 aromatic heterocycles. The lowest BCUT2D eigenvalue weighted by Crippen LogP contribution is -2.17. The molecule has 1 unspecified atom stereocenters. The van der Waals surface area contributed by atoms with Gasteiger partial charge in [0.1, 0.15) is 11.6 Å². The molecule has 1 atom stereocenters. The molecule has 5 heteroatoms. The van der Waals surface area contributed by atoms with Gasteiger partial charge in [0.05, 0.1) is 11.1 Å². The lowest BCUT2D eigenvalue weighted by Gasteiger charge is -2.11. The van der Waals surface area contributed by atoms with Crippen molar-refractivity contribution in [3.8, 4) is 0 Å². The van der Waals surface area contributed by atoms with Gasteiger partial charge in [0, 0.05) is 12.4 Å². The van der Waals surface area contributed by atoms with Crippen molar-refractivity contribution in [2.45, 2.75) is 19.4 Å². The fourth-order valence-corrected chi connectivity index (χ4v) is 1.82. The fourth-order valence-electron chi connectivity index (χ4n) is 1.63. The second kappa shape index (κ2) is 5.42. The van der Waals surface area contributed by atoms with Crippen molar-refractivity contribution in [3.05, 3.63) is 58.4 Å². The minimum Gasteiger partial charge on any atom is -0.321 e. The summed E-state index contributed by atoms with van der Waals surface area (Å²) in [4.78, 5) is 8.27. The molecule has 0 amide bonds. The van der Waals surface area contributed by atoms with E-state index < -0.39 is 11.9 Å². The first-order chi connectivity index (χ1) is 8.58. The molecule has 2 rings (SSSR count). The Morgan fingerprint density at radius 1 is 1.33 bits per heavy atom. The van der Waals surface area contributed by atoms with E-state index in [9.17, 15) is 4.39 Å². The Bertz CT molecular complexity index is 542. The van der Waals surface area contributed by atoms with Gasteiger partial charge in [-0.05, 0) is 30.5 Å². The van der Waals surface area contributed by atoms with Crippen molar-refractivity contribution >= 4 is 11.6 Å². The van der Waals surface area contributed by atoms with E-state index in [2.05, 4.69) is 9.97 Å². The summed E-state index contributed by atoms with van der Waals surface area (Å²) < 4.78 is 13.7. The van der Waals surface area contributed by atoms with Crippen molar-refractivity contribution in [3.63, 3.8) is 0 Å². The molecule has 1 heterocycles. The van der Waals surface area contributed by atoms with Gasteiger partial charge < -0.3 is 5.73 Å². The smallest absolute Gasteiger partial charge is 0.145 e. The summed E-state index contributed by atoms with van der Waals surface area (Å²) in [6.07, 6.45) is 3.70. The van der Waals surface area contributed by atoms with Gasteiger partial charge in [-0.15, -0.1) is 0 Å². The number of halogens is 2. The molecule has 3 nitrogen and oxygen atoms in total. The Morgan fingerprint density at radius 2 is 2.00 bits per heavy atom. The molecule has 2 aromatic rings. The SMILES string of the molecule is Cc1cnc(C(N)Cc2cccc(Cl)c2F)nc1. The standard InChI is InChI=1S/C13H13ClFN3/c1-8-6-17-13(18-7-8)11(16)5-9-3-2-4-10(14)12(9)15/h2-4,6-7,11H,5,16H2,1H3. The number of benzene rings is 1. The first-order valence-electron chi connectivity index (χ1n) is 5.55. The summed E-state index contributed by atoms with van der Waals surface area (Å²) in [5, 5.41) is 0.101. The van der Waals surface area contributed by atoms with E-state index in [0.717, 1.165) is 5.56 Å². The van der Waals surface area contributed by atoms with Crippen LogP contribution in [0.3, 0.4) is 0 Å². The second-order valence-electron chi connectivity index (χ2n) is 4.14. The van der Waals surface area contributed by atoms with Crippen LogP contribution >= 0.6 is 11.6 Å². The monoisotopic (exact) mass is 265 g/mol.